The molecule has 0 saturated carbocycles. The Kier molecular flexibility index (Phi) is 29.7. The van der Waals surface area contributed by atoms with E-state index in [0.29, 0.717) is 52.6 Å². The molecule has 2 amide bonds. The Bertz CT molecular complexity index is 2610. The number of fused-ring (bicyclic) bond motifs is 1. The molecule has 2 aromatic carbocycles. The van der Waals surface area contributed by atoms with Gasteiger partial charge in [-0.05, 0) is 105 Å². The van der Waals surface area contributed by atoms with Gasteiger partial charge >= 0.3 is 16.8 Å². The lowest BCUT2D eigenvalue weighted by atomic mass is 10.0. The highest BCUT2D eigenvalue weighted by atomic mass is 35.5. The van der Waals surface area contributed by atoms with Gasteiger partial charge in [-0.1, -0.05) is 59.9 Å². The first-order valence-electron chi connectivity index (χ1n) is 22.5. The van der Waals surface area contributed by atoms with Gasteiger partial charge < -0.3 is 43.0 Å². The Morgan fingerprint density at radius 2 is 1.77 bits per heavy atom. The van der Waals surface area contributed by atoms with E-state index in [0.717, 1.165) is 65.2 Å². The van der Waals surface area contributed by atoms with Crippen molar-refractivity contribution in [1.82, 2.24) is 19.6 Å². The standard InChI is InChI=1S/C15H15ClFN3O3S2.C14H20ClNO2.C11H13Cl2NO3.C3H8NO5P.C3H9S/c1-23-13(21)8-24-12-7-11(10(17)6-9(12)16)18-14-19-4-2-3-5-20(19)15(22)25-14;1-4-12-8-6-7-11(3)14(12)16(10-18-5-2)13(17)9-15;1-11(2)14(10(15)9(12)13)6-8(17-11)7-4-3-5-16-7;5-3(6)1-4-2-10(7,8)9;1-4(2)3/h6-7H,2-5,8H2,1H3;6-8H,4-5,9-10H2,1-3H3;3-5,8-9H,6H2,1-2H3;4H,1-2H2,(H,5,6)(H2,7,8,9);1-3H3/q;;;;+1/p-1/b18-14-;;;;. The maximum absolute atomic E-state index is 14.3. The lowest BCUT2D eigenvalue weighted by Crippen LogP contribution is -2.45. The smallest absolute Gasteiger partial charge is 0.325 e. The zero-order chi connectivity index (χ0) is 55.9. The average molecular weight is 1200 g/mol. The van der Waals surface area contributed by atoms with Crippen molar-refractivity contribution in [3.8, 4) is 0 Å². The number of methoxy groups -OCH3 is 1. The van der Waals surface area contributed by atoms with Crippen LogP contribution in [-0.2, 0) is 68.4 Å². The molecule has 2 aromatic heterocycles. The number of halogens is 5. The van der Waals surface area contributed by atoms with E-state index in [4.69, 9.17) is 70.3 Å². The number of benzene rings is 2. The van der Waals surface area contributed by atoms with Crippen molar-refractivity contribution < 1.29 is 61.7 Å². The van der Waals surface area contributed by atoms with Gasteiger partial charge in [-0.25, -0.2) is 14.1 Å². The van der Waals surface area contributed by atoms with Gasteiger partial charge in [0, 0.05) is 24.6 Å². The first-order chi connectivity index (χ1) is 34.7. The fraction of sp³-hybridized carbons (Fsp3) is 0.522. The first-order valence-corrected chi connectivity index (χ1v) is 30.3. The summed E-state index contributed by atoms with van der Waals surface area (Å²) in [6, 6.07) is 12.3. The molecular weight excluding hydrogens is 1130 g/mol. The van der Waals surface area contributed by atoms with E-state index in [9.17, 15) is 37.8 Å². The summed E-state index contributed by atoms with van der Waals surface area (Å²) in [7, 11) is -2.41. The van der Waals surface area contributed by atoms with Crippen LogP contribution in [-0.4, -0.2) is 129 Å². The second-order valence-corrected chi connectivity index (χ2v) is 24.2. The third kappa shape index (κ3) is 22.7. The van der Waals surface area contributed by atoms with Crippen LogP contribution in [0.4, 0.5) is 15.8 Å². The van der Waals surface area contributed by atoms with E-state index < -0.39 is 48.7 Å². The Labute approximate surface area is 461 Å². The van der Waals surface area contributed by atoms with Crippen molar-refractivity contribution in [3.05, 3.63) is 90.9 Å². The number of nitrogens with one attached hydrogen (secondary N) is 1. The number of ether oxygens (including phenoxy) is 3. The summed E-state index contributed by atoms with van der Waals surface area (Å²) < 4.78 is 48.6. The molecule has 0 spiro atoms. The van der Waals surface area contributed by atoms with Crippen molar-refractivity contribution in [3.63, 3.8) is 0 Å². The molecule has 4 heterocycles. The number of amides is 2. The van der Waals surface area contributed by atoms with Gasteiger partial charge in [0.2, 0.25) is 10.7 Å². The SMILES string of the molecule is CC1(C)OC(c2ccco2)CN1C(=O)C(Cl)Cl.CCOCN(C(=O)CCl)c1c(C)cccc1CC.COC(=O)CSc1cc(/N=c2\sc(=O)n3n2CCCC3)c(F)cc1Cl.C[S+](C)C.O=C(O)CNCP(=O)([O-])O. The molecule has 2 aliphatic heterocycles. The summed E-state index contributed by atoms with van der Waals surface area (Å²) in [5.74, 6) is -1.93. The minimum absolute atomic E-state index is 0.0371. The summed E-state index contributed by atoms with van der Waals surface area (Å²) in [5, 5.41) is 10.2. The molecule has 2 unspecified atom stereocenters. The fourth-order valence-corrected chi connectivity index (χ4v) is 9.33. The summed E-state index contributed by atoms with van der Waals surface area (Å²) in [5.41, 5.74) is 2.47. The zero-order valence-corrected chi connectivity index (χ0v) is 48.8. The van der Waals surface area contributed by atoms with Gasteiger partial charge in [0.1, 0.15) is 49.3 Å². The third-order valence-electron chi connectivity index (χ3n) is 9.82. The topological polar surface area (TPSA) is 248 Å². The number of furan rings is 1. The molecule has 0 bridgehead atoms. The molecule has 6 rings (SSSR count). The number of aromatic nitrogens is 2. The highest BCUT2D eigenvalue weighted by Crippen LogP contribution is 2.37. The molecule has 3 N–H and O–H groups in total. The molecule has 74 heavy (non-hydrogen) atoms. The van der Waals surface area contributed by atoms with E-state index >= 15 is 0 Å². The maximum atomic E-state index is 14.3. The van der Waals surface area contributed by atoms with E-state index in [-0.39, 0.29) is 51.9 Å². The van der Waals surface area contributed by atoms with Crippen LogP contribution in [0.3, 0.4) is 0 Å². The number of aryl methyl sites for hydroxylation is 2. The number of carbonyl (C=O) groups is 4. The normalized spacial score (nSPS) is 15.5. The van der Waals surface area contributed by atoms with E-state index in [1.54, 1.807) is 40.4 Å². The molecule has 1 fully saturated rings. The van der Waals surface area contributed by atoms with Crippen LogP contribution in [0, 0.1) is 12.7 Å². The second kappa shape index (κ2) is 33.0. The quantitative estimate of drug-likeness (QED) is 0.0249. The van der Waals surface area contributed by atoms with Crippen LogP contribution in [0.5, 0.6) is 0 Å². The lowest BCUT2D eigenvalue weighted by Gasteiger charge is -2.29. The lowest BCUT2D eigenvalue weighted by molar-refractivity contribution is -0.193. The predicted molar refractivity (Wildman–Crippen MR) is 290 cm³/mol. The third-order valence-corrected chi connectivity index (χ3v) is 13.4. The van der Waals surface area contributed by atoms with E-state index in [1.165, 1.54) is 18.1 Å². The Balaban J connectivity index is 0.000000343. The summed E-state index contributed by atoms with van der Waals surface area (Å²) in [4.78, 5) is 82.1. The Morgan fingerprint density at radius 3 is 2.31 bits per heavy atom. The predicted octanol–water partition coefficient (Wildman–Crippen LogP) is 7.30. The second-order valence-electron chi connectivity index (χ2n) is 16.5. The van der Waals surface area contributed by atoms with Gasteiger partial charge in [-0.3, -0.25) is 38.9 Å². The minimum Gasteiger partial charge on any atom is -0.778 e. The molecule has 4 aromatic rings. The van der Waals surface area contributed by atoms with Gasteiger partial charge in [-0.2, -0.15) is 0 Å². The fourth-order valence-electron chi connectivity index (χ4n) is 6.57. The summed E-state index contributed by atoms with van der Waals surface area (Å²) >= 11 is 25.1. The van der Waals surface area contributed by atoms with E-state index in [2.05, 4.69) is 35.4 Å². The zero-order valence-electron chi connectivity index (χ0n) is 42.4. The minimum atomic E-state index is -4.35. The monoisotopic (exact) mass is 1190 g/mol. The van der Waals surface area contributed by atoms with E-state index in [1.807, 2.05) is 43.4 Å². The number of rotatable bonds is 16. The van der Waals surface area contributed by atoms with Crippen LogP contribution >= 0.6 is 77.1 Å². The van der Waals surface area contributed by atoms with Gasteiger partial charge in [0.05, 0.1) is 68.0 Å². The van der Waals surface area contributed by atoms with Gasteiger partial charge in [0.25, 0.3) is 5.91 Å². The number of thioether (sulfide) groups is 1. The molecule has 414 valence electrons. The molecule has 0 radical (unpaired) electrons. The largest absolute Gasteiger partial charge is 0.778 e. The highest BCUT2D eigenvalue weighted by Gasteiger charge is 2.45. The molecular formula is C46H64Cl4FN6O13PS3. The summed E-state index contributed by atoms with van der Waals surface area (Å²) in [6.45, 7) is 11.6. The molecule has 1 saturated heterocycles. The van der Waals surface area contributed by atoms with Crippen molar-refractivity contribution in [2.24, 2.45) is 4.99 Å². The van der Waals surface area contributed by atoms with Gasteiger partial charge in [0.15, 0.2) is 4.84 Å². The first kappa shape index (κ1) is 66.7. The number of carbonyl (C=O) groups excluding carboxylic acids is 3. The van der Waals surface area contributed by atoms with Crippen LogP contribution in [0.2, 0.25) is 5.02 Å². The van der Waals surface area contributed by atoms with Crippen molar-refractivity contribution in [2.75, 3.05) is 75.1 Å². The van der Waals surface area contributed by atoms with Crippen molar-refractivity contribution in [1.29, 1.82) is 0 Å². The number of carboxylic acids is 1. The molecule has 28 heteroatoms. The summed E-state index contributed by atoms with van der Waals surface area (Å²) in [6.07, 6.45) is 9.93. The van der Waals surface area contributed by atoms with Crippen molar-refractivity contribution in [2.45, 2.75) is 88.5 Å². The number of hydrogen-bond donors (Lipinski definition) is 3. The number of aliphatic carboxylic acids is 1. The van der Waals surface area contributed by atoms with Crippen molar-refractivity contribution >= 4 is 123 Å². The van der Waals surface area contributed by atoms with Gasteiger partial charge in [-0.15, -0.1) is 23.4 Å². The number of para-hydroxylation sites is 1. The number of anilines is 1. The molecule has 2 atom stereocenters. The maximum Gasteiger partial charge on any atom is 0.325 e. The van der Waals surface area contributed by atoms with Crippen LogP contribution in [0.15, 0.2) is 67.8 Å². The number of esters is 1. The Hall–Kier alpha value is -3.42. The number of nitrogens with zero attached hydrogens (tertiary/aromatic N) is 5. The Morgan fingerprint density at radius 1 is 1.12 bits per heavy atom. The number of alkyl halides is 3. The molecule has 19 nitrogen and oxygen atoms in total. The average Bonchev–Trinajstić information content (AvgIpc) is 4.07. The number of hydrogen-bond acceptors (Lipinski definition) is 15. The molecule has 2 aliphatic rings. The molecule has 0 aliphatic carbocycles. The van der Waals surface area contributed by atoms with Crippen LogP contribution in [0.1, 0.15) is 63.5 Å². The van der Waals surface area contributed by atoms with Crippen LogP contribution in [0.25, 0.3) is 0 Å². The highest BCUT2D eigenvalue weighted by molar-refractivity contribution is 8.00. The number of carboxylic acid groups (broad SMARTS) is 1. The van der Waals surface area contributed by atoms with Crippen LogP contribution < -0.4 is 24.8 Å².